The first-order valence-corrected chi connectivity index (χ1v) is 8.76. The van der Waals surface area contributed by atoms with Crippen molar-refractivity contribution in [3.8, 4) is 0 Å². The lowest BCUT2D eigenvalue weighted by molar-refractivity contribution is 0.539. The monoisotopic (exact) mass is 346 g/mol. The third-order valence-corrected chi connectivity index (χ3v) is 5.74. The van der Waals surface area contributed by atoms with Gasteiger partial charge in [0.15, 0.2) is 0 Å². The van der Waals surface area contributed by atoms with E-state index in [9.17, 15) is 8.42 Å². The lowest BCUT2D eigenvalue weighted by atomic mass is 10.2. The molecule has 0 amide bonds. The van der Waals surface area contributed by atoms with E-state index in [0.717, 1.165) is 29.4 Å². The zero-order chi connectivity index (χ0) is 13.9. The Morgan fingerprint density at radius 1 is 1.47 bits per heavy atom. The van der Waals surface area contributed by atoms with Gasteiger partial charge in [-0.15, -0.1) is 0 Å². The molecular formula is C13H19BrN2O2S. The fourth-order valence-corrected chi connectivity index (χ4v) is 3.62. The molecule has 4 nitrogen and oxygen atoms in total. The number of benzene rings is 1. The molecule has 106 valence electrons. The normalized spacial score (nSPS) is 19.8. The summed E-state index contributed by atoms with van der Waals surface area (Å²) >= 11 is 3.37. The van der Waals surface area contributed by atoms with Crippen LogP contribution in [0.3, 0.4) is 0 Å². The first kappa shape index (κ1) is 15.0. The Balaban J connectivity index is 1.95. The van der Waals surface area contributed by atoms with Gasteiger partial charge in [0.1, 0.15) is 0 Å². The van der Waals surface area contributed by atoms with Crippen LogP contribution < -0.4 is 10.0 Å². The number of hydrogen-bond donors (Lipinski definition) is 2. The Kier molecular flexibility index (Phi) is 5.00. The first-order chi connectivity index (χ1) is 8.99. The van der Waals surface area contributed by atoms with Gasteiger partial charge < -0.3 is 5.32 Å². The van der Waals surface area contributed by atoms with Crippen LogP contribution in [0.15, 0.2) is 27.6 Å². The van der Waals surface area contributed by atoms with Gasteiger partial charge in [0, 0.05) is 17.1 Å². The standard InChI is InChI=1S/C13H19BrN2O2S/c1-10-9-12(4-5-13(10)14)19(17,18)16-8-6-11-3-2-7-15-11/h4-5,9,11,15-16H,2-3,6-8H2,1H3/t11-/m0/s1. The maximum Gasteiger partial charge on any atom is 0.240 e. The third kappa shape index (κ3) is 4.02. The summed E-state index contributed by atoms with van der Waals surface area (Å²) in [5.74, 6) is 0. The average Bonchev–Trinajstić information content (AvgIpc) is 2.85. The van der Waals surface area contributed by atoms with Gasteiger partial charge in [-0.1, -0.05) is 15.9 Å². The van der Waals surface area contributed by atoms with Gasteiger partial charge in [0.05, 0.1) is 4.90 Å². The van der Waals surface area contributed by atoms with Crippen molar-refractivity contribution in [3.05, 3.63) is 28.2 Å². The van der Waals surface area contributed by atoms with Crippen LogP contribution in [0.5, 0.6) is 0 Å². The van der Waals surface area contributed by atoms with Crippen molar-refractivity contribution in [2.75, 3.05) is 13.1 Å². The first-order valence-electron chi connectivity index (χ1n) is 6.48. The molecule has 0 radical (unpaired) electrons. The molecule has 1 aromatic rings. The fraction of sp³-hybridized carbons (Fsp3) is 0.538. The second kappa shape index (κ2) is 6.35. The average molecular weight is 347 g/mol. The van der Waals surface area contributed by atoms with Crippen molar-refractivity contribution in [1.82, 2.24) is 10.0 Å². The van der Waals surface area contributed by atoms with Crippen molar-refractivity contribution in [3.63, 3.8) is 0 Å². The van der Waals surface area contributed by atoms with E-state index in [1.54, 1.807) is 18.2 Å². The van der Waals surface area contributed by atoms with Crippen LogP contribution in [0.25, 0.3) is 0 Å². The van der Waals surface area contributed by atoms with Crippen molar-refractivity contribution in [1.29, 1.82) is 0 Å². The molecule has 1 aromatic carbocycles. The Bertz CT molecular complexity index is 540. The molecular weight excluding hydrogens is 328 g/mol. The maximum atomic E-state index is 12.1. The lowest BCUT2D eigenvalue weighted by Gasteiger charge is -2.11. The van der Waals surface area contributed by atoms with Crippen LogP contribution in [0.1, 0.15) is 24.8 Å². The van der Waals surface area contributed by atoms with E-state index in [2.05, 4.69) is 26.0 Å². The summed E-state index contributed by atoms with van der Waals surface area (Å²) in [6, 6.07) is 5.52. The maximum absolute atomic E-state index is 12.1. The SMILES string of the molecule is Cc1cc(S(=O)(=O)NCC[C@@H]2CCCN2)ccc1Br. The molecule has 6 heteroatoms. The van der Waals surface area contributed by atoms with Gasteiger partial charge in [-0.2, -0.15) is 0 Å². The van der Waals surface area contributed by atoms with Gasteiger partial charge in [0.25, 0.3) is 0 Å². The number of nitrogens with one attached hydrogen (secondary N) is 2. The van der Waals surface area contributed by atoms with E-state index in [4.69, 9.17) is 0 Å². The predicted octanol–water partition coefficient (Wildman–Crippen LogP) is 2.18. The van der Waals surface area contributed by atoms with Crippen molar-refractivity contribution < 1.29 is 8.42 Å². The van der Waals surface area contributed by atoms with E-state index in [1.807, 2.05) is 6.92 Å². The van der Waals surface area contributed by atoms with Crippen LogP contribution in [0, 0.1) is 6.92 Å². The zero-order valence-corrected chi connectivity index (χ0v) is 13.4. The molecule has 0 aliphatic carbocycles. The van der Waals surface area contributed by atoms with Gasteiger partial charge in [0.2, 0.25) is 10.0 Å². The fourth-order valence-electron chi connectivity index (χ4n) is 2.24. The van der Waals surface area contributed by atoms with Gasteiger partial charge >= 0.3 is 0 Å². The van der Waals surface area contributed by atoms with E-state index in [-0.39, 0.29) is 0 Å². The van der Waals surface area contributed by atoms with Gasteiger partial charge in [-0.05, 0) is 56.5 Å². The molecule has 2 rings (SSSR count). The van der Waals surface area contributed by atoms with E-state index < -0.39 is 10.0 Å². The summed E-state index contributed by atoms with van der Waals surface area (Å²) in [6.45, 7) is 3.41. The zero-order valence-electron chi connectivity index (χ0n) is 10.9. The molecule has 1 atom stereocenters. The van der Waals surface area contributed by atoms with E-state index >= 15 is 0 Å². The highest BCUT2D eigenvalue weighted by atomic mass is 79.9. The molecule has 0 bridgehead atoms. The highest BCUT2D eigenvalue weighted by Gasteiger charge is 2.17. The molecule has 1 saturated heterocycles. The summed E-state index contributed by atoms with van der Waals surface area (Å²) in [5, 5.41) is 3.36. The van der Waals surface area contributed by atoms with Crippen molar-refractivity contribution in [2.24, 2.45) is 0 Å². The molecule has 0 saturated carbocycles. The number of rotatable bonds is 5. The molecule has 2 N–H and O–H groups in total. The van der Waals surface area contributed by atoms with Crippen LogP contribution in [-0.4, -0.2) is 27.5 Å². The molecule has 1 aliphatic heterocycles. The largest absolute Gasteiger partial charge is 0.314 e. The smallest absolute Gasteiger partial charge is 0.240 e. The van der Waals surface area contributed by atoms with Crippen LogP contribution >= 0.6 is 15.9 Å². The number of halogens is 1. The minimum atomic E-state index is -3.39. The molecule has 19 heavy (non-hydrogen) atoms. The van der Waals surface area contributed by atoms with Crippen LogP contribution in [-0.2, 0) is 10.0 Å². The third-order valence-electron chi connectivity index (χ3n) is 3.39. The summed E-state index contributed by atoms with van der Waals surface area (Å²) < 4.78 is 27.8. The summed E-state index contributed by atoms with van der Waals surface area (Å²) in [4.78, 5) is 0.326. The van der Waals surface area contributed by atoms with E-state index in [1.165, 1.54) is 6.42 Å². The summed E-state index contributed by atoms with van der Waals surface area (Å²) in [7, 11) is -3.39. The van der Waals surface area contributed by atoms with Crippen molar-refractivity contribution in [2.45, 2.75) is 37.1 Å². The Hall–Kier alpha value is -0.430. The second-order valence-corrected chi connectivity index (χ2v) is 7.51. The van der Waals surface area contributed by atoms with Crippen LogP contribution in [0.4, 0.5) is 0 Å². The lowest BCUT2D eigenvalue weighted by Crippen LogP contribution is -2.30. The van der Waals surface area contributed by atoms with Gasteiger partial charge in [-0.3, -0.25) is 0 Å². The number of hydrogen-bond acceptors (Lipinski definition) is 3. The molecule has 1 aliphatic rings. The Morgan fingerprint density at radius 2 is 2.26 bits per heavy atom. The topological polar surface area (TPSA) is 58.2 Å². The molecule has 1 heterocycles. The minimum Gasteiger partial charge on any atom is -0.314 e. The second-order valence-electron chi connectivity index (χ2n) is 4.89. The highest BCUT2D eigenvalue weighted by molar-refractivity contribution is 9.10. The predicted molar refractivity (Wildman–Crippen MR) is 79.7 cm³/mol. The molecule has 0 unspecified atom stereocenters. The number of aryl methyl sites for hydroxylation is 1. The summed E-state index contributed by atoms with van der Waals surface area (Å²) in [6.07, 6.45) is 3.16. The van der Waals surface area contributed by atoms with E-state index in [0.29, 0.717) is 17.5 Å². The van der Waals surface area contributed by atoms with Crippen molar-refractivity contribution >= 4 is 26.0 Å². The Morgan fingerprint density at radius 3 is 2.89 bits per heavy atom. The van der Waals surface area contributed by atoms with Crippen LogP contribution in [0.2, 0.25) is 0 Å². The minimum absolute atomic E-state index is 0.326. The highest BCUT2D eigenvalue weighted by Crippen LogP contribution is 2.20. The molecule has 0 aromatic heterocycles. The van der Waals surface area contributed by atoms with Gasteiger partial charge in [-0.25, -0.2) is 13.1 Å². The quantitative estimate of drug-likeness (QED) is 0.858. The molecule has 0 spiro atoms. The summed E-state index contributed by atoms with van der Waals surface area (Å²) in [5.41, 5.74) is 0.917. The Labute approximate surface area is 123 Å². The number of sulfonamides is 1. The molecule has 1 fully saturated rings.